The molecule has 4 heterocycles. The van der Waals surface area contributed by atoms with Crippen molar-refractivity contribution < 1.29 is 28.2 Å². The molecule has 1 aromatic rings. The molecule has 0 aliphatic carbocycles. The maximum absolute atomic E-state index is 12.8. The Labute approximate surface area is 172 Å². The Morgan fingerprint density at radius 2 is 2.38 bits per heavy atom. The second-order valence-corrected chi connectivity index (χ2v) is 10.3. The van der Waals surface area contributed by atoms with Crippen molar-refractivity contribution in [3.8, 4) is 0 Å². The number of hydrogen-bond acceptors (Lipinski definition) is 13. The summed E-state index contributed by atoms with van der Waals surface area (Å²) in [7, 11) is -3.96. The predicted molar refractivity (Wildman–Crippen MR) is 105 cm³/mol. The van der Waals surface area contributed by atoms with Gasteiger partial charge in [0.15, 0.2) is 6.20 Å². The monoisotopic (exact) mass is 461 g/mol. The average molecular weight is 461 g/mol. The molecule has 15 heteroatoms. The highest BCUT2D eigenvalue weighted by atomic mass is 32.2. The number of amidine groups is 1. The third-order valence-corrected chi connectivity index (χ3v) is 8.13. The van der Waals surface area contributed by atoms with Gasteiger partial charge in [-0.05, 0) is 27.3 Å². The fourth-order valence-electron chi connectivity index (χ4n) is 2.94. The highest BCUT2D eigenvalue weighted by molar-refractivity contribution is 8.00. The number of thiazole rings is 1. The van der Waals surface area contributed by atoms with Crippen molar-refractivity contribution in [1.82, 2.24) is 9.88 Å². The van der Waals surface area contributed by atoms with Crippen LogP contribution in [0.2, 0.25) is 0 Å². The largest absolute Gasteiger partial charge is 0.475 e. The molecule has 156 valence electrons. The maximum Gasteiger partial charge on any atom is 0.475 e. The van der Waals surface area contributed by atoms with Crippen LogP contribution >= 0.6 is 30.9 Å². The van der Waals surface area contributed by atoms with E-state index in [0.717, 1.165) is 11.3 Å². The summed E-state index contributed by atoms with van der Waals surface area (Å²) in [6.07, 6.45) is 2.69. The summed E-state index contributed by atoms with van der Waals surface area (Å²) in [4.78, 5) is 19.8. The van der Waals surface area contributed by atoms with Gasteiger partial charge in [-0.25, -0.2) is 9.56 Å². The molecule has 2 fully saturated rings. The van der Waals surface area contributed by atoms with Crippen LogP contribution in [0.15, 0.2) is 35.9 Å². The van der Waals surface area contributed by atoms with Crippen molar-refractivity contribution in [2.75, 3.05) is 6.61 Å². The van der Waals surface area contributed by atoms with Crippen LogP contribution < -0.4 is 5.73 Å². The van der Waals surface area contributed by atoms with Crippen molar-refractivity contribution in [2.45, 2.75) is 29.4 Å². The number of rotatable bonds is 5. The molecule has 0 bridgehead atoms. The molecule has 2 saturated heterocycles. The first kappa shape index (κ1) is 20.5. The van der Waals surface area contributed by atoms with E-state index in [1.54, 1.807) is 17.2 Å². The summed E-state index contributed by atoms with van der Waals surface area (Å²) >= 11 is 2.18. The minimum Gasteiger partial charge on any atom is -0.387 e. The molecule has 0 radical (unpaired) electrons. The van der Waals surface area contributed by atoms with Crippen molar-refractivity contribution in [3.05, 3.63) is 45.9 Å². The normalized spacial score (nSPS) is 34.2. The lowest BCUT2D eigenvalue weighted by Crippen LogP contribution is -2.43. The highest BCUT2D eigenvalue weighted by Crippen LogP contribution is 2.59. The first-order valence-electron chi connectivity index (χ1n) is 8.25. The summed E-state index contributed by atoms with van der Waals surface area (Å²) in [6, 6.07) is 0. The van der Waals surface area contributed by atoms with Crippen LogP contribution in [0.4, 0.5) is 5.13 Å². The molecule has 0 amide bonds. The Balaban J connectivity index is 1.41. The number of aliphatic imine (C=N–C) groups is 1. The molecule has 1 unspecified atom stereocenters. The first-order valence-corrected chi connectivity index (χ1v) is 11.5. The zero-order chi connectivity index (χ0) is 20.8. The lowest BCUT2D eigenvalue weighted by molar-refractivity contribution is -0.384. The SMILES string of the molecule is C=C1N=C(N)C=CN1[C@@H]1S[C@@H]2COP(=O)(OCc3cnc([N+](=O)[O-])s3)O[C@H]2[C@@H]1O. The van der Waals surface area contributed by atoms with Crippen LogP contribution in [-0.2, 0) is 24.7 Å². The van der Waals surface area contributed by atoms with E-state index >= 15 is 0 Å². The molecule has 29 heavy (non-hydrogen) atoms. The maximum atomic E-state index is 12.8. The van der Waals surface area contributed by atoms with Crippen molar-refractivity contribution in [1.29, 1.82) is 0 Å². The van der Waals surface area contributed by atoms with E-state index in [-0.39, 0.29) is 23.6 Å². The third kappa shape index (κ3) is 4.10. The van der Waals surface area contributed by atoms with Gasteiger partial charge in [0.25, 0.3) is 0 Å². The molecule has 1 aromatic heterocycles. The summed E-state index contributed by atoms with van der Waals surface area (Å²) in [5, 5.41) is 20.4. The molecular formula is C14H16N5O7PS2. The number of hydrogen-bond donors (Lipinski definition) is 2. The minimum atomic E-state index is -3.96. The van der Waals surface area contributed by atoms with Gasteiger partial charge < -0.3 is 25.9 Å². The molecule has 0 saturated carbocycles. The van der Waals surface area contributed by atoms with Crippen LogP contribution in [0.25, 0.3) is 0 Å². The Hall–Kier alpha value is -1.80. The number of nitrogens with two attached hydrogens (primary N) is 1. The van der Waals surface area contributed by atoms with E-state index < -0.39 is 30.3 Å². The average Bonchev–Trinajstić information content (AvgIpc) is 3.26. The second-order valence-electron chi connectivity index (χ2n) is 6.18. The Morgan fingerprint density at radius 3 is 3.07 bits per heavy atom. The fourth-order valence-corrected chi connectivity index (χ4v) is 6.76. The van der Waals surface area contributed by atoms with Crippen LogP contribution in [0, 0.1) is 10.1 Å². The van der Waals surface area contributed by atoms with Gasteiger partial charge in [-0.3, -0.25) is 13.6 Å². The van der Waals surface area contributed by atoms with Gasteiger partial charge in [0.2, 0.25) is 0 Å². The predicted octanol–water partition coefficient (Wildman–Crippen LogP) is 1.55. The number of aliphatic hydroxyl groups excluding tert-OH is 1. The first-order chi connectivity index (χ1) is 13.8. The number of nitrogens with zero attached hydrogens (tertiary/aromatic N) is 4. The van der Waals surface area contributed by atoms with Gasteiger partial charge >= 0.3 is 13.0 Å². The zero-order valence-corrected chi connectivity index (χ0v) is 17.2. The number of fused-ring (bicyclic) bond motifs is 1. The molecule has 3 N–H and O–H groups in total. The lowest BCUT2D eigenvalue weighted by Gasteiger charge is -2.32. The number of phosphoric ester groups is 1. The van der Waals surface area contributed by atoms with Crippen molar-refractivity contribution >= 4 is 41.9 Å². The van der Waals surface area contributed by atoms with Crippen molar-refractivity contribution in [2.24, 2.45) is 10.7 Å². The smallest absolute Gasteiger partial charge is 0.387 e. The standard InChI is InChI=1S/C14H16N5O7PS2/c1-7-17-10(15)2-3-18(7)13-11(20)12-9(29-13)6-25-27(23,26-12)24-5-8-4-16-14(28-8)19(21)22/h2-4,9,11-13,20H,1,5-6H2,(H2,15,17)/t9-,11+,12-,13-,27?/m1/s1. The van der Waals surface area contributed by atoms with Crippen molar-refractivity contribution in [3.63, 3.8) is 0 Å². The second kappa shape index (κ2) is 7.80. The van der Waals surface area contributed by atoms with Crippen LogP contribution in [0.5, 0.6) is 0 Å². The van der Waals surface area contributed by atoms with E-state index in [2.05, 4.69) is 16.6 Å². The van der Waals surface area contributed by atoms with Gasteiger partial charge in [-0.15, -0.1) is 11.8 Å². The topological polar surface area (TPSA) is 163 Å². The van der Waals surface area contributed by atoms with Gasteiger partial charge in [0, 0.05) is 6.20 Å². The highest BCUT2D eigenvalue weighted by Gasteiger charge is 2.54. The summed E-state index contributed by atoms with van der Waals surface area (Å²) < 4.78 is 28.9. The summed E-state index contributed by atoms with van der Waals surface area (Å²) in [6.45, 7) is 3.64. The van der Waals surface area contributed by atoms with Crippen LogP contribution in [-0.4, -0.2) is 55.2 Å². The van der Waals surface area contributed by atoms with Crippen LogP contribution in [0.1, 0.15) is 4.88 Å². The molecular weight excluding hydrogens is 445 g/mol. The molecule has 0 aromatic carbocycles. The molecule has 3 aliphatic rings. The van der Waals surface area contributed by atoms with E-state index in [1.807, 2.05) is 0 Å². The third-order valence-electron chi connectivity index (χ3n) is 4.26. The van der Waals surface area contributed by atoms with E-state index in [4.69, 9.17) is 19.3 Å². The van der Waals surface area contributed by atoms with Gasteiger partial charge in [0.1, 0.15) is 29.2 Å². The molecule has 5 atom stereocenters. The fraction of sp³-hybridized carbons (Fsp3) is 0.429. The van der Waals surface area contributed by atoms with Gasteiger partial charge in [-0.2, -0.15) is 0 Å². The Morgan fingerprint density at radius 1 is 1.59 bits per heavy atom. The minimum absolute atomic E-state index is 0.0401. The quantitative estimate of drug-likeness (QED) is 0.371. The number of aliphatic hydroxyl groups is 1. The number of aromatic nitrogens is 1. The van der Waals surface area contributed by atoms with Gasteiger partial charge in [0.05, 0.1) is 23.3 Å². The summed E-state index contributed by atoms with van der Waals surface area (Å²) in [5.41, 5.74) is 5.64. The Bertz CT molecular complexity index is 953. The van der Waals surface area contributed by atoms with Gasteiger partial charge in [-0.1, -0.05) is 6.58 Å². The number of nitro groups is 1. The van der Waals surface area contributed by atoms with E-state index in [0.29, 0.717) is 16.5 Å². The number of thioether (sulfide) groups is 1. The van der Waals surface area contributed by atoms with Crippen LogP contribution in [0.3, 0.4) is 0 Å². The van der Waals surface area contributed by atoms with E-state index in [9.17, 15) is 19.8 Å². The molecule has 4 rings (SSSR count). The summed E-state index contributed by atoms with van der Waals surface area (Å²) in [5.74, 6) is 0.675. The molecule has 12 nitrogen and oxygen atoms in total. The zero-order valence-electron chi connectivity index (χ0n) is 14.7. The Kier molecular flexibility index (Phi) is 5.50. The molecule has 3 aliphatic heterocycles. The molecule has 0 spiro atoms. The lowest BCUT2D eigenvalue weighted by atomic mass is 10.1. The van der Waals surface area contributed by atoms with E-state index in [1.165, 1.54) is 18.0 Å². The number of phosphoric acid groups is 1.